The molecule has 0 radical (unpaired) electrons. The SMILES string of the molecule is CCOCC.COC(=O)c1ccc(C=O)cc1. The Morgan fingerprint density at radius 2 is 1.71 bits per heavy atom. The summed E-state index contributed by atoms with van der Waals surface area (Å²) in [7, 11) is 1.32. The van der Waals surface area contributed by atoms with E-state index in [1.165, 1.54) is 7.11 Å². The third-order valence-corrected chi connectivity index (χ3v) is 1.88. The Balaban J connectivity index is 0.000000437. The number of methoxy groups -OCH3 is 1. The fourth-order valence-electron chi connectivity index (χ4n) is 1.02. The number of aldehydes is 1. The average molecular weight is 238 g/mol. The molecule has 1 aromatic carbocycles. The van der Waals surface area contributed by atoms with Crippen molar-refractivity contribution in [2.24, 2.45) is 0 Å². The van der Waals surface area contributed by atoms with Crippen molar-refractivity contribution >= 4 is 12.3 Å². The zero-order valence-electron chi connectivity index (χ0n) is 10.4. The highest BCUT2D eigenvalue weighted by Gasteiger charge is 2.02. The molecule has 0 heterocycles. The lowest BCUT2D eigenvalue weighted by atomic mass is 10.1. The second-order valence-corrected chi connectivity index (χ2v) is 3.01. The van der Waals surface area contributed by atoms with Crippen LogP contribution in [0.4, 0.5) is 0 Å². The molecule has 17 heavy (non-hydrogen) atoms. The minimum absolute atomic E-state index is 0.396. The normalized spacial score (nSPS) is 8.88. The van der Waals surface area contributed by atoms with E-state index < -0.39 is 5.97 Å². The summed E-state index contributed by atoms with van der Waals surface area (Å²) in [5.74, 6) is -0.396. The molecule has 0 N–H and O–H groups in total. The summed E-state index contributed by atoms with van der Waals surface area (Å²) in [5, 5.41) is 0. The van der Waals surface area contributed by atoms with E-state index in [0.29, 0.717) is 11.1 Å². The molecular formula is C13H18O4. The monoisotopic (exact) mass is 238 g/mol. The summed E-state index contributed by atoms with van der Waals surface area (Å²) < 4.78 is 9.32. The van der Waals surface area contributed by atoms with Crippen LogP contribution in [0.15, 0.2) is 24.3 Å². The Bertz CT molecular complexity index is 328. The van der Waals surface area contributed by atoms with Gasteiger partial charge in [0, 0.05) is 18.8 Å². The topological polar surface area (TPSA) is 52.6 Å². The van der Waals surface area contributed by atoms with Gasteiger partial charge in [0.25, 0.3) is 0 Å². The van der Waals surface area contributed by atoms with Crippen LogP contribution in [0, 0.1) is 0 Å². The predicted octanol–water partition coefficient (Wildman–Crippen LogP) is 2.33. The maximum Gasteiger partial charge on any atom is 0.337 e. The second kappa shape index (κ2) is 9.54. The lowest BCUT2D eigenvalue weighted by molar-refractivity contribution is 0.0600. The van der Waals surface area contributed by atoms with Crippen LogP contribution in [0.1, 0.15) is 34.6 Å². The summed E-state index contributed by atoms with van der Waals surface area (Å²) in [6.45, 7) is 5.67. The van der Waals surface area contributed by atoms with Crippen molar-refractivity contribution in [2.45, 2.75) is 13.8 Å². The second-order valence-electron chi connectivity index (χ2n) is 3.01. The van der Waals surface area contributed by atoms with E-state index in [4.69, 9.17) is 4.74 Å². The van der Waals surface area contributed by atoms with Crippen molar-refractivity contribution in [3.05, 3.63) is 35.4 Å². The molecular weight excluding hydrogens is 220 g/mol. The molecule has 0 saturated heterocycles. The van der Waals surface area contributed by atoms with Crippen molar-refractivity contribution in [3.8, 4) is 0 Å². The van der Waals surface area contributed by atoms with Crippen LogP contribution in [0.2, 0.25) is 0 Å². The quantitative estimate of drug-likeness (QED) is 0.596. The summed E-state index contributed by atoms with van der Waals surface area (Å²) in [6, 6.07) is 6.24. The van der Waals surface area contributed by atoms with Gasteiger partial charge in [-0.1, -0.05) is 12.1 Å². The van der Waals surface area contributed by atoms with Gasteiger partial charge in [0.05, 0.1) is 12.7 Å². The van der Waals surface area contributed by atoms with Crippen molar-refractivity contribution in [1.29, 1.82) is 0 Å². The van der Waals surface area contributed by atoms with Gasteiger partial charge in [-0.3, -0.25) is 4.79 Å². The van der Waals surface area contributed by atoms with Gasteiger partial charge in [-0.25, -0.2) is 4.79 Å². The van der Waals surface area contributed by atoms with Crippen LogP contribution in [-0.2, 0) is 9.47 Å². The van der Waals surface area contributed by atoms with Gasteiger partial charge in [0.2, 0.25) is 0 Å². The molecule has 0 aliphatic heterocycles. The first-order valence-electron chi connectivity index (χ1n) is 5.40. The Labute approximate surface area is 102 Å². The van der Waals surface area contributed by atoms with E-state index >= 15 is 0 Å². The first kappa shape index (κ1) is 15.3. The largest absolute Gasteiger partial charge is 0.465 e. The molecule has 0 atom stereocenters. The van der Waals surface area contributed by atoms with Crippen molar-refractivity contribution < 1.29 is 19.1 Å². The van der Waals surface area contributed by atoms with Crippen molar-refractivity contribution in [2.75, 3.05) is 20.3 Å². The fraction of sp³-hybridized carbons (Fsp3) is 0.385. The van der Waals surface area contributed by atoms with E-state index in [9.17, 15) is 9.59 Å². The number of esters is 1. The highest BCUT2D eigenvalue weighted by molar-refractivity contribution is 5.90. The van der Waals surface area contributed by atoms with E-state index in [-0.39, 0.29) is 0 Å². The molecule has 4 nitrogen and oxygen atoms in total. The van der Waals surface area contributed by atoms with Gasteiger partial charge in [-0.05, 0) is 26.0 Å². The van der Waals surface area contributed by atoms with Crippen LogP contribution >= 0.6 is 0 Å². The Kier molecular flexibility index (Phi) is 8.60. The standard InChI is InChI=1S/C9H8O3.C4H10O/c1-12-9(11)8-4-2-7(6-10)3-5-8;1-3-5-4-2/h2-6H,1H3;3-4H2,1-2H3. The number of carbonyl (C=O) groups is 2. The van der Waals surface area contributed by atoms with E-state index in [2.05, 4.69) is 4.74 Å². The minimum atomic E-state index is -0.396. The summed E-state index contributed by atoms with van der Waals surface area (Å²) in [4.78, 5) is 21.1. The molecule has 0 aliphatic carbocycles. The number of hydrogen-bond acceptors (Lipinski definition) is 4. The molecule has 0 spiro atoms. The summed E-state index contributed by atoms with van der Waals surface area (Å²) in [5.41, 5.74) is 0.991. The fourth-order valence-corrected chi connectivity index (χ4v) is 1.02. The molecule has 94 valence electrons. The molecule has 1 aromatic rings. The molecule has 0 aliphatic rings. The molecule has 0 bridgehead atoms. The average Bonchev–Trinajstić information content (AvgIpc) is 2.39. The number of benzene rings is 1. The van der Waals surface area contributed by atoms with Gasteiger partial charge >= 0.3 is 5.97 Å². The number of hydrogen-bond donors (Lipinski definition) is 0. The number of rotatable bonds is 4. The molecule has 0 fully saturated rings. The van der Waals surface area contributed by atoms with Crippen LogP contribution in [-0.4, -0.2) is 32.6 Å². The Morgan fingerprint density at radius 1 is 1.18 bits per heavy atom. The van der Waals surface area contributed by atoms with Gasteiger partial charge in [0.1, 0.15) is 6.29 Å². The zero-order valence-corrected chi connectivity index (χ0v) is 10.4. The van der Waals surface area contributed by atoms with Gasteiger partial charge in [-0.15, -0.1) is 0 Å². The molecule has 0 aromatic heterocycles. The molecule has 0 amide bonds. The first-order chi connectivity index (χ1) is 8.19. The lowest BCUT2D eigenvalue weighted by Gasteiger charge is -1.97. The Hall–Kier alpha value is -1.68. The van der Waals surface area contributed by atoms with Crippen molar-refractivity contribution in [3.63, 3.8) is 0 Å². The summed E-state index contributed by atoms with van der Waals surface area (Å²) >= 11 is 0. The highest BCUT2D eigenvalue weighted by atomic mass is 16.5. The first-order valence-corrected chi connectivity index (χ1v) is 5.40. The van der Waals surface area contributed by atoms with E-state index in [1.54, 1.807) is 24.3 Å². The van der Waals surface area contributed by atoms with Crippen LogP contribution in [0.5, 0.6) is 0 Å². The molecule has 0 unspecified atom stereocenters. The third-order valence-electron chi connectivity index (χ3n) is 1.88. The van der Waals surface area contributed by atoms with Crippen molar-refractivity contribution in [1.82, 2.24) is 0 Å². The van der Waals surface area contributed by atoms with Crippen LogP contribution in [0.25, 0.3) is 0 Å². The smallest absolute Gasteiger partial charge is 0.337 e. The lowest BCUT2D eigenvalue weighted by Crippen LogP contribution is -2.00. The number of carbonyl (C=O) groups excluding carboxylic acids is 2. The molecule has 0 saturated carbocycles. The number of ether oxygens (including phenoxy) is 2. The Morgan fingerprint density at radius 3 is 2.00 bits per heavy atom. The predicted molar refractivity (Wildman–Crippen MR) is 65.3 cm³/mol. The van der Waals surface area contributed by atoms with E-state index in [0.717, 1.165) is 19.5 Å². The summed E-state index contributed by atoms with van der Waals surface area (Å²) in [6.07, 6.45) is 0.723. The van der Waals surface area contributed by atoms with Crippen LogP contribution in [0.3, 0.4) is 0 Å². The van der Waals surface area contributed by atoms with E-state index in [1.807, 2.05) is 13.8 Å². The maximum absolute atomic E-state index is 10.9. The zero-order chi connectivity index (χ0) is 13.1. The van der Waals surface area contributed by atoms with Gasteiger partial charge in [-0.2, -0.15) is 0 Å². The molecule has 1 rings (SSSR count). The maximum atomic E-state index is 10.9. The molecule has 4 heteroatoms. The third kappa shape index (κ3) is 6.48. The van der Waals surface area contributed by atoms with Gasteiger partial charge in [0.15, 0.2) is 0 Å². The van der Waals surface area contributed by atoms with Crippen LogP contribution < -0.4 is 0 Å². The minimum Gasteiger partial charge on any atom is -0.465 e. The highest BCUT2D eigenvalue weighted by Crippen LogP contribution is 2.03. The van der Waals surface area contributed by atoms with Gasteiger partial charge < -0.3 is 9.47 Å².